The van der Waals surface area contributed by atoms with Crippen LogP contribution in [0.25, 0.3) is 0 Å². The molecule has 1 N–H and O–H groups in total. The smallest absolute Gasteiger partial charge is 0.254 e. The summed E-state index contributed by atoms with van der Waals surface area (Å²) in [6.45, 7) is 4.89. The highest BCUT2D eigenvalue weighted by atomic mass is 32.1. The lowest BCUT2D eigenvalue weighted by Gasteiger charge is -2.42. The molecule has 5 heteroatoms. The van der Waals surface area contributed by atoms with Gasteiger partial charge in [-0.3, -0.25) is 9.59 Å². The summed E-state index contributed by atoms with van der Waals surface area (Å²) in [6.07, 6.45) is 6.98. The predicted octanol–water partition coefficient (Wildman–Crippen LogP) is 5.52. The number of thiophene rings is 1. The van der Waals surface area contributed by atoms with Crippen LogP contribution in [0.5, 0.6) is 0 Å². The summed E-state index contributed by atoms with van der Waals surface area (Å²) in [6, 6.07) is 11.8. The van der Waals surface area contributed by atoms with E-state index in [9.17, 15) is 9.59 Å². The summed E-state index contributed by atoms with van der Waals surface area (Å²) >= 11 is 1.63. The van der Waals surface area contributed by atoms with Gasteiger partial charge in [0.25, 0.3) is 5.91 Å². The van der Waals surface area contributed by atoms with Crippen molar-refractivity contribution < 1.29 is 9.59 Å². The van der Waals surface area contributed by atoms with Crippen LogP contribution in [-0.2, 0) is 4.79 Å². The second kappa shape index (κ2) is 9.34. The minimum atomic E-state index is -0.375. The summed E-state index contributed by atoms with van der Waals surface area (Å²) in [5.41, 5.74) is 1.54. The van der Waals surface area contributed by atoms with Gasteiger partial charge in [-0.25, -0.2) is 0 Å². The molecule has 0 radical (unpaired) electrons. The molecule has 1 aromatic carbocycles. The van der Waals surface area contributed by atoms with Crippen molar-refractivity contribution >= 4 is 23.2 Å². The van der Waals surface area contributed by atoms with E-state index in [1.54, 1.807) is 11.3 Å². The Bertz CT molecular complexity index is 869. The first-order chi connectivity index (χ1) is 14.6. The van der Waals surface area contributed by atoms with Gasteiger partial charge in [0, 0.05) is 23.0 Å². The number of benzene rings is 1. The zero-order valence-corrected chi connectivity index (χ0v) is 18.8. The molecule has 1 fully saturated rings. The lowest BCUT2D eigenvalue weighted by atomic mass is 9.81. The van der Waals surface area contributed by atoms with E-state index >= 15 is 0 Å². The van der Waals surface area contributed by atoms with Gasteiger partial charge in [0.1, 0.15) is 0 Å². The van der Waals surface area contributed by atoms with Crippen LogP contribution < -0.4 is 5.32 Å². The van der Waals surface area contributed by atoms with Gasteiger partial charge in [-0.05, 0) is 41.8 Å². The Morgan fingerprint density at radius 1 is 1.10 bits per heavy atom. The summed E-state index contributed by atoms with van der Waals surface area (Å²) in [5, 5.41) is 5.41. The van der Waals surface area contributed by atoms with Crippen LogP contribution >= 0.6 is 11.3 Å². The molecule has 0 saturated heterocycles. The maximum absolute atomic E-state index is 13.7. The number of nitrogens with zero attached hydrogens (tertiary/aromatic N) is 1. The molecule has 2 atom stereocenters. The Kier molecular flexibility index (Phi) is 6.57. The van der Waals surface area contributed by atoms with Crippen LogP contribution in [0.2, 0.25) is 0 Å². The first kappa shape index (κ1) is 21.1. The van der Waals surface area contributed by atoms with Gasteiger partial charge >= 0.3 is 0 Å². The van der Waals surface area contributed by atoms with Crippen LogP contribution in [0.4, 0.5) is 0 Å². The number of carbonyl (C=O) groups is 2. The van der Waals surface area contributed by atoms with Gasteiger partial charge in [-0.15, -0.1) is 11.3 Å². The number of hydrogen-bond donors (Lipinski definition) is 1. The minimum absolute atomic E-state index is 0.0382. The van der Waals surface area contributed by atoms with Crippen molar-refractivity contribution in [3.8, 4) is 0 Å². The summed E-state index contributed by atoms with van der Waals surface area (Å²) < 4.78 is 0. The topological polar surface area (TPSA) is 49.4 Å². The molecule has 0 spiro atoms. The Balaban J connectivity index is 1.74. The second-order valence-electron chi connectivity index (χ2n) is 9.07. The van der Waals surface area contributed by atoms with Crippen LogP contribution in [0, 0.1) is 5.92 Å². The van der Waals surface area contributed by atoms with E-state index in [4.69, 9.17) is 0 Å². The SMILES string of the molecule is CC(C)CN1C(=O)c2ccccc2C(C(=O)NC2CCCCCC2)C1c1cccs1. The first-order valence-corrected chi connectivity index (χ1v) is 12.2. The molecule has 30 heavy (non-hydrogen) atoms. The molecule has 2 aromatic rings. The van der Waals surface area contributed by atoms with Crippen LogP contribution in [0.1, 0.15) is 85.1 Å². The van der Waals surface area contributed by atoms with Crippen LogP contribution in [-0.4, -0.2) is 29.3 Å². The van der Waals surface area contributed by atoms with Gasteiger partial charge in [-0.2, -0.15) is 0 Å². The fourth-order valence-electron chi connectivity index (χ4n) is 4.96. The van der Waals surface area contributed by atoms with Crippen molar-refractivity contribution in [1.29, 1.82) is 0 Å². The standard InChI is InChI=1S/C25H32N2O2S/c1-17(2)16-27-23(21-14-9-15-30-21)22(19-12-7-8-13-20(19)25(27)29)24(28)26-18-10-5-3-4-6-11-18/h7-9,12-15,17-18,22-23H,3-6,10-11,16H2,1-2H3,(H,26,28). The summed E-state index contributed by atoms with van der Waals surface area (Å²) in [7, 11) is 0. The highest BCUT2D eigenvalue weighted by Crippen LogP contribution is 2.44. The summed E-state index contributed by atoms with van der Waals surface area (Å²) in [5.74, 6) is 0.0528. The van der Waals surface area contributed by atoms with E-state index in [1.807, 2.05) is 40.6 Å². The minimum Gasteiger partial charge on any atom is -0.353 e. The molecule has 0 bridgehead atoms. The maximum Gasteiger partial charge on any atom is 0.254 e. The van der Waals surface area contributed by atoms with Crippen molar-refractivity contribution in [3.05, 3.63) is 57.8 Å². The molecule has 2 amide bonds. The predicted molar refractivity (Wildman–Crippen MR) is 122 cm³/mol. The van der Waals surface area contributed by atoms with Crippen LogP contribution in [0.15, 0.2) is 41.8 Å². The van der Waals surface area contributed by atoms with Crippen molar-refractivity contribution in [2.75, 3.05) is 6.54 Å². The van der Waals surface area contributed by atoms with E-state index < -0.39 is 0 Å². The van der Waals surface area contributed by atoms with Gasteiger partial charge in [0.2, 0.25) is 5.91 Å². The van der Waals surface area contributed by atoms with Crippen molar-refractivity contribution in [2.24, 2.45) is 5.92 Å². The lowest BCUT2D eigenvalue weighted by molar-refractivity contribution is -0.125. The molecule has 4 rings (SSSR count). The van der Waals surface area contributed by atoms with E-state index in [0.29, 0.717) is 18.0 Å². The number of carbonyl (C=O) groups excluding carboxylic acids is 2. The fraction of sp³-hybridized carbons (Fsp3) is 0.520. The van der Waals surface area contributed by atoms with Crippen molar-refractivity contribution in [2.45, 2.75) is 70.4 Å². The molecule has 1 aliphatic heterocycles. The molecule has 160 valence electrons. The third-order valence-electron chi connectivity index (χ3n) is 6.32. The molecule has 1 saturated carbocycles. The third kappa shape index (κ3) is 4.31. The average molecular weight is 425 g/mol. The summed E-state index contributed by atoms with van der Waals surface area (Å²) in [4.78, 5) is 30.2. The van der Waals surface area contributed by atoms with E-state index in [-0.39, 0.29) is 29.8 Å². The Hall–Kier alpha value is -2.14. The zero-order valence-electron chi connectivity index (χ0n) is 18.0. The Morgan fingerprint density at radius 3 is 2.50 bits per heavy atom. The zero-order chi connectivity index (χ0) is 21.1. The number of fused-ring (bicyclic) bond motifs is 1. The molecule has 1 aromatic heterocycles. The van der Waals surface area contributed by atoms with E-state index in [2.05, 4.69) is 25.2 Å². The van der Waals surface area contributed by atoms with Gasteiger partial charge in [-0.1, -0.05) is 63.8 Å². The first-order valence-electron chi connectivity index (χ1n) is 11.3. The highest BCUT2D eigenvalue weighted by Gasteiger charge is 2.44. The number of hydrogen-bond acceptors (Lipinski definition) is 3. The molecule has 2 heterocycles. The average Bonchev–Trinajstić information content (AvgIpc) is 3.14. The quantitative estimate of drug-likeness (QED) is 0.642. The number of amides is 2. The van der Waals surface area contributed by atoms with Crippen molar-refractivity contribution in [1.82, 2.24) is 10.2 Å². The largest absolute Gasteiger partial charge is 0.353 e. The Labute approximate surface area is 183 Å². The van der Waals surface area contributed by atoms with Gasteiger partial charge in [0.15, 0.2) is 0 Å². The third-order valence-corrected chi connectivity index (χ3v) is 7.26. The lowest BCUT2D eigenvalue weighted by Crippen LogP contribution is -2.49. The normalized spacial score (nSPS) is 22.6. The number of nitrogens with one attached hydrogen (secondary N) is 1. The Morgan fingerprint density at radius 2 is 1.83 bits per heavy atom. The van der Waals surface area contributed by atoms with Gasteiger partial charge in [0.05, 0.1) is 12.0 Å². The molecule has 4 nitrogen and oxygen atoms in total. The van der Waals surface area contributed by atoms with Gasteiger partial charge < -0.3 is 10.2 Å². The highest BCUT2D eigenvalue weighted by molar-refractivity contribution is 7.10. The molecule has 1 aliphatic carbocycles. The maximum atomic E-state index is 13.7. The molecule has 2 aliphatic rings. The van der Waals surface area contributed by atoms with E-state index in [0.717, 1.165) is 23.3 Å². The van der Waals surface area contributed by atoms with Crippen LogP contribution in [0.3, 0.4) is 0 Å². The molecule has 2 unspecified atom stereocenters. The van der Waals surface area contributed by atoms with Crippen molar-refractivity contribution in [3.63, 3.8) is 0 Å². The molecular weight excluding hydrogens is 392 g/mol. The second-order valence-corrected chi connectivity index (χ2v) is 10.1. The monoisotopic (exact) mass is 424 g/mol. The molecular formula is C25H32N2O2S. The fourth-order valence-corrected chi connectivity index (χ4v) is 5.83. The van der Waals surface area contributed by atoms with E-state index in [1.165, 1.54) is 25.7 Å². The number of rotatable bonds is 5.